The molecule has 2 aromatic heterocycles. The highest BCUT2D eigenvalue weighted by Gasteiger charge is 2.15. The van der Waals surface area contributed by atoms with E-state index in [-0.39, 0.29) is 0 Å². The second-order valence-electron chi connectivity index (χ2n) is 4.63. The smallest absolute Gasteiger partial charge is 0.163 e. The first-order chi connectivity index (χ1) is 8.74. The van der Waals surface area contributed by atoms with Crippen molar-refractivity contribution in [2.45, 2.75) is 0 Å². The molecule has 18 heavy (non-hydrogen) atoms. The highest BCUT2D eigenvalue weighted by molar-refractivity contribution is 5.85. The van der Waals surface area contributed by atoms with Crippen molar-refractivity contribution in [3.8, 4) is 0 Å². The van der Waals surface area contributed by atoms with E-state index in [4.69, 9.17) is 0 Å². The summed E-state index contributed by atoms with van der Waals surface area (Å²) in [6, 6.07) is 0. The van der Waals surface area contributed by atoms with Gasteiger partial charge in [-0.2, -0.15) is 5.10 Å². The average molecular weight is 247 g/mol. The SMILES string of the molecule is CN1CCN(Nc2ncnc3c2cnn3C)CC1. The van der Waals surface area contributed by atoms with Gasteiger partial charge < -0.3 is 10.3 Å². The van der Waals surface area contributed by atoms with Crippen molar-refractivity contribution in [1.29, 1.82) is 0 Å². The minimum absolute atomic E-state index is 0.831. The molecule has 0 unspecified atom stereocenters. The Kier molecular flexibility index (Phi) is 2.85. The lowest BCUT2D eigenvalue weighted by Crippen LogP contribution is -2.47. The van der Waals surface area contributed by atoms with Gasteiger partial charge in [-0.3, -0.25) is 4.68 Å². The lowest BCUT2D eigenvalue weighted by atomic mass is 10.4. The van der Waals surface area contributed by atoms with Crippen molar-refractivity contribution < 1.29 is 0 Å². The fourth-order valence-corrected chi connectivity index (χ4v) is 2.12. The van der Waals surface area contributed by atoms with Crippen LogP contribution in [0.5, 0.6) is 0 Å². The van der Waals surface area contributed by atoms with E-state index in [2.05, 4.69) is 37.4 Å². The Labute approximate surface area is 105 Å². The van der Waals surface area contributed by atoms with Crippen molar-refractivity contribution in [3.63, 3.8) is 0 Å². The number of likely N-dealkylation sites (N-methyl/N-ethyl adjacent to an activating group) is 1. The minimum atomic E-state index is 0.831. The third kappa shape index (κ3) is 2.02. The number of fused-ring (bicyclic) bond motifs is 1. The topological polar surface area (TPSA) is 62.1 Å². The Hall–Kier alpha value is -1.73. The second-order valence-corrected chi connectivity index (χ2v) is 4.63. The molecule has 0 spiro atoms. The van der Waals surface area contributed by atoms with Crippen molar-refractivity contribution in [2.75, 3.05) is 38.7 Å². The number of nitrogens with one attached hydrogen (secondary N) is 1. The zero-order chi connectivity index (χ0) is 12.5. The molecule has 2 aromatic rings. The lowest BCUT2D eigenvalue weighted by molar-refractivity contribution is 0.178. The maximum absolute atomic E-state index is 4.30. The third-order valence-electron chi connectivity index (χ3n) is 3.30. The fraction of sp³-hybridized carbons (Fsp3) is 0.545. The molecule has 96 valence electrons. The maximum atomic E-state index is 4.30. The van der Waals surface area contributed by atoms with Gasteiger partial charge in [-0.15, -0.1) is 0 Å². The van der Waals surface area contributed by atoms with Gasteiger partial charge in [-0.25, -0.2) is 15.0 Å². The summed E-state index contributed by atoms with van der Waals surface area (Å²) in [7, 11) is 4.02. The molecular weight excluding hydrogens is 230 g/mol. The predicted molar refractivity (Wildman–Crippen MR) is 69.0 cm³/mol. The Morgan fingerprint density at radius 2 is 1.89 bits per heavy atom. The summed E-state index contributed by atoms with van der Waals surface area (Å²) in [5, 5.41) is 7.36. The summed E-state index contributed by atoms with van der Waals surface area (Å²) in [6.07, 6.45) is 3.37. The van der Waals surface area contributed by atoms with Crippen LogP contribution < -0.4 is 5.43 Å². The molecular formula is C11H17N7. The number of anilines is 1. The molecule has 1 saturated heterocycles. The van der Waals surface area contributed by atoms with Crippen LogP contribution in [-0.2, 0) is 7.05 Å². The molecule has 0 amide bonds. The monoisotopic (exact) mass is 247 g/mol. The first-order valence-electron chi connectivity index (χ1n) is 6.07. The molecule has 0 saturated carbocycles. The van der Waals surface area contributed by atoms with E-state index < -0.39 is 0 Å². The summed E-state index contributed by atoms with van der Waals surface area (Å²) < 4.78 is 1.76. The fourth-order valence-electron chi connectivity index (χ4n) is 2.12. The van der Waals surface area contributed by atoms with Gasteiger partial charge in [-0.05, 0) is 7.05 Å². The number of rotatable bonds is 2. The number of hydrazine groups is 1. The zero-order valence-corrected chi connectivity index (χ0v) is 10.7. The molecule has 7 heteroatoms. The molecule has 0 atom stereocenters. The number of aryl methyl sites for hydroxylation is 1. The van der Waals surface area contributed by atoms with Crippen LogP contribution in [0.15, 0.2) is 12.5 Å². The molecule has 0 bridgehead atoms. The van der Waals surface area contributed by atoms with Gasteiger partial charge in [0.05, 0.1) is 11.6 Å². The molecule has 0 aliphatic carbocycles. The van der Waals surface area contributed by atoms with Crippen LogP contribution in [0.1, 0.15) is 0 Å². The number of hydrogen-bond acceptors (Lipinski definition) is 6. The first-order valence-corrected chi connectivity index (χ1v) is 6.07. The Balaban J connectivity index is 1.82. The summed E-state index contributed by atoms with van der Waals surface area (Å²) in [5.74, 6) is 0.831. The van der Waals surface area contributed by atoms with E-state index in [0.717, 1.165) is 43.0 Å². The number of nitrogens with zero attached hydrogens (tertiary/aromatic N) is 6. The summed E-state index contributed by atoms with van der Waals surface area (Å²) in [5.41, 5.74) is 4.21. The molecule has 3 heterocycles. The van der Waals surface area contributed by atoms with E-state index in [9.17, 15) is 0 Å². The molecule has 1 fully saturated rings. The van der Waals surface area contributed by atoms with Crippen LogP contribution in [0, 0.1) is 0 Å². The van der Waals surface area contributed by atoms with Gasteiger partial charge in [0, 0.05) is 33.2 Å². The molecule has 7 nitrogen and oxygen atoms in total. The maximum Gasteiger partial charge on any atom is 0.163 e. The lowest BCUT2D eigenvalue weighted by Gasteiger charge is -2.32. The van der Waals surface area contributed by atoms with Crippen LogP contribution in [0.25, 0.3) is 11.0 Å². The van der Waals surface area contributed by atoms with Crippen LogP contribution >= 0.6 is 0 Å². The van der Waals surface area contributed by atoms with Crippen LogP contribution in [0.4, 0.5) is 5.82 Å². The number of piperazine rings is 1. The molecule has 1 N–H and O–H groups in total. The van der Waals surface area contributed by atoms with Crippen molar-refractivity contribution >= 4 is 16.9 Å². The van der Waals surface area contributed by atoms with Gasteiger partial charge in [-0.1, -0.05) is 0 Å². The van der Waals surface area contributed by atoms with Gasteiger partial charge in [0.2, 0.25) is 0 Å². The normalized spacial score (nSPS) is 18.3. The third-order valence-corrected chi connectivity index (χ3v) is 3.30. The van der Waals surface area contributed by atoms with Crippen LogP contribution in [-0.4, -0.2) is 62.9 Å². The van der Waals surface area contributed by atoms with E-state index in [1.165, 1.54) is 0 Å². The van der Waals surface area contributed by atoms with Crippen molar-refractivity contribution in [3.05, 3.63) is 12.5 Å². The zero-order valence-electron chi connectivity index (χ0n) is 10.7. The Morgan fingerprint density at radius 3 is 2.67 bits per heavy atom. The average Bonchev–Trinajstić information content (AvgIpc) is 2.76. The van der Waals surface area contributed by atoms with E-state index in [1.54, 1.807) is 17.2 Å². The number of aromatic nitrogens is 4. The van der Waals surface area contributed by atoms with Gasteiger partial charge >= 0.3 is 0 Å². The summed E-state index contributed by atoms with van der Waals surface area (Å²) in [6.45, 7) is 4.10. The number of hydrogen-bond donors (Lipinski definition) is 1. The largest absolute Gasteiger partial charge is 0.304 e. The van der Waals surface area contributed by atoms with Gasteiger partial charge in [0.25, 0.3) is 0 Å². The van der Waals surface area contributed by atoms with E-state index >= 15 is 0 Å². The van der Waals surface area contributed by atoms with E-state index in [1.807, 2.05) is 7.05 Å². The molecule has 0 aromatic carbocycles. The van der Waals surface area contributed by atoms with Crippen LogP contribution in [0.3, 0.4) is 0 Å². The first kappa shape index (κ1) is 11.4. The standard InChI is InChI=1S/C11H17N7/c1-16-3-5-18(6-4-16)15-10-9-7-14-17(2)11(9)13-8-12-10/h7-8H,3-6H2,1-2H3,(H,12,13,15). The highest BCUT2D eigenvalue weighted by Crippen LogP contribution is 2.18. The predicted octanol–water partition coefficient (Wildman–Crippen LogP) is -0.0624. The second kappa shape index (κ2) is 4.51. The molecule has 0 radical (unpaired) electrons. The quantitative estimate of drug-likeness (QED) is 0.802. The van der Waals surface area contributed by atoms with Crippen molar-refractivity contribution in [1.82, 2.24) is 29.7 Å². The molecule has 3 rings (SSSR count). The summed E-state index contributed by atoms with van der Waals surface area (Å²) in [4.78, 5) is 10.8. The highest BCUT2D eigenvalue weighted by atomic mass is 15.5. The van der Waals surface area contributed by atoms with Gasteiger partial charge in [0.15, 0.2) is 11.5 Å². The Bertz CT molecular complexity index is 541. The van der Waals surface area contributed by atoms with Crippen molar-refractivity contribution in [2.24, 2.45) is 7.05 Å². The Morgan fingerprint density at radius 1 is 1.11 bits per heavy atom. The summed E-state index contributed by atoms with van der Waals surface area (Å²) >= 11 is 0. The molecule has 1 aliphatic heterocycles. The minimum Gasteiger partial charge on any atom is -0.304 e. The van der Waals surface area contributed by atoms with Gasteiger partial charge in [0.1, 0.15) is 6.33 Å². The van der Waals surface area contributed by atoms with E-state index in [0.29, 0.717) is 0 Å². The molecule has 1 aliphatic rings. The van der Waals surface area contributed by atoms with Crippen LogP contribution in [0.2, 0.25) is 0 Å².